The van der Waals surface area contributed by atoms with Crippen molar-refractivity contribution in [3.8, 4) is 0 Å². The van der Waals surface area contributed by atoms with Gasteiger partial charge in [-0.15, -0.1) is 0 Å². The Kier molecular flexibility index (Phi) is 5.85. The number of carbonyl (C=O) groups is 1. The van der Waals surface area contributed by atoms with E-state index in [4.69, 9.17) is 4.42 Å². The summed E-state index contributed by atoms with van der Waals surface area (Å²) in [5.74, 6) is 1.38. The largest absolute Gasteiger partial charge is 0.460 e. The minimum absolute atomic E-state index is 0.0787. The van der Waals surface area contributed by atoms with Crippen LogP contribution in [0.4, 0.5) is 5.69 Å². The first-order chi connectivity index (χ1) is 12.2. The molecule has 1 fully saturated rings. The van der Waals surface area contributed by atoms with Crippen LogP contribution in [0.3, 0.4) is 0 Å². The molecule has 0 saturated carbocycles. The summed E-state index contributed by atoms with van der Waals surface area (Å²) >= 11 is 0. The van der Waals surface area contributed by atoms with Crippen LogP contribution >= 0.6 is 0 Å². The summed E-state index contributed by atoms with van der Waals surface area (Å²) in [5, 5.41) is 3.93. The SMILES string of the molecule is Cc1ccc(C=NNC(=O)CCN2CCN(c3ccccc3)CC2)o1. The van der Waals surface area contributed by atoms with Crippen molar-refractivity contribution in [2.75, 3.05) is 37.6 Å². The van der Waals surface area contributed by atoms with Crippen LogP contribution in [0, 0.1) is 6.92 Å². The molecule has 1 amide bonds. The first kappa shape index (κ1) is 17.2. The molecule has 25 heavy (non-hydrogen) atoms. The average molecular weight is 340 g/mol. The van der Waals surface area contributed by atoms with Gasteiger partial charge in [-0.3, -0.25) is 9.69 Å². The van der Waals surface area contributed by atoms with E-state index in [1.54, 1.807) is 0 Å². The van der Waals surface area contributed by atoms with Crippen LogP contribution in [0.25, 0.3) is 0 Å². The molecule has 1 aliphatic rings. The molecule has 0 radical (unpaired) electrons. The number of nitrogens with one attached hydrogen (secondary N) is 1. The van der Waals surface area contributed by atoms with Crippen LogP contribution in [-0.4, -0.2) is 49.7 Å². The molecule has 2 heterocycles. The highest BCUT2D eigenvalue weighted by Crippen LogP contribution is 2.15. The number of aryl methyl sites for hydroxylation is 1. The highest BCUT2D eigenvalue weighted by molar-refractivity contribution is 5.80. The van der Waals surface area contributed by atoms with Gasteiger partial charge < -0.3 is 9.32 Å². The first-order valence-corrected chi connectivity index (χ1v) is 8.61. The summed E-state index contributed by atoms with van der Waals surface area (Å²) < 4.78 is 5.35. The van der Waals surface area contributed by atoms with Gasteiger partial charge in [0.05, 0.1) is 6.21 Å². The fourth-order valence-electron chi connectivity index (χ4n) is 2.87. The van der Waals surface area contributed by atoms with E-state index in [0.717, 1.165) is 38.5 Å². The van der Waals surface area contributed by atoms with E-state index >= 15 is 0 Å². The maximum atomic E-state index is 11.9. The van der Waals surface area contributed by atoms with Crippen molar-refractivity contribution in [2.24, 2.45) is 5.10 Å². The molecule has 0 atom stereocenters. The second-order valence-electron chi connectivity index (χ2n) is 6.16. The summed E-state index contributed by atoms with van der Waals surface area (Å²) in [6, 6.07) is 14.1. The lowest BCUT2D eigenvalue weighted by Crippen LogP contribution is -2.47. The number of rotatable bonds is 6. The third-order valence-corrected chi connectivity index (χ3v) is 4.29. The number of furan rings is 1. The minimum Gasteiger partial charge on any atom is -0.460 e. The molecule has 3 rings (SSSR count). The number of hydrogen-bond donors (Lipinski definition) is 1. The molecule has 0 unspecified atom stereocenters. The fraction of sp³-hybridized carbons (Fsp3) is 0.368. The van der Waals surface area contributed by atoms with Gasteiger partial charge in [0.2, 0.25) is 5.91 Å². The van der Waals surface area contributed by atoms with E-state index in [1.807, 2.05) is 25.1 Å². The van der Waals surface area contributed by atoms with Crippen LogP contribution in [0.5, 0.6) is 0 Å². The zero-order valence-electron chi connectivity index (χ0n) is 14.5. The Morgan fingerprint density at radius 3 is 2.60 bits per heavy atom. The molecule has 1 aliphatic heterocycles. The van der Waals surface area contributed by atoms with Gasteiger partial charge in [-0.25, -0.2) is 5.43 Å². The van der Waals surface area contributed by atoms with Crippen molar-refractivity contribution in [3.05, 3.63) is 54.0 Å². The van der Waals surface area contributed by atoms with E-state index in [2.05, 4.69) is 44.6 Å². The lowest BCUT2D eigenvalue weighted by molar-refractivity contribution is -0.121. The molecule has 1 aromatic carbocycles. The molecule has 6 nitrogen and oxygen atoms in total. The summed E-state index contributed by atoms with van der Waals surface area (Å²) in [6.07, 6.45) is 1.96. The van der Waals surface area contributed by atoms with Gasteiger partial charge in [-0.1, -0.05) is 18.2 Å². The molecule has 0 spiro atoms. The molecule has 2 aromatic rings. The third-order valence-electron chi connectivity index (χ3n) is 4.29. The zero-order chi connectivity index (χ0) is 17.5. The van der Waals surface area contributed by atoms with Gasteiger partial charge in [0.1, 0.15) is 11.5 Å². The topological polar surface area (TPSA) is 61.1 Å². The number of piperazine rings is 1. The van der Waals surface area contributed by atoms with Gasteiger partial charge in [-0.05, 0) is 31.2 Å². The zero-order valence-corrected chi connectivity index (χ0v) is 14.5. The lowest BCUT2D eigenvalue weighted by atomic mass is 10.2. The highest BCUT2D eigenvalue weighted by atomic mass is 16.3. The molecule has 1 saturated heterocycles. The standard InChI is InChI=1S/C19H24N4O2/c1-16-7-8-18(25-16)15-20-21-19(24)9-10-22-11-13-23(14-12-22)17-5-3-2-4-6-17/h2-8,15H,9-14H2,1H3,(H,21,24). The molecule has 1 aromatic heterocycles. The molecule has 6 heteroatoms. The summed E-state index contributed by atoms with van der Waals surface area (Å²) in [5.41, 5.74) is 3.81. The molecule has 132 valence electrons. The van der Waals surface area contributed by atoms with Crippen molar-refractivity contribution in [2.45, 2.75) is 13.3 Å². The first-order valence-electron chi connectivity index (χ1n) is 8.61. The molecule has 0 aliphatic carbocycles. The van der Waals surface area contributed by atoms with E-state index in [9.17, 15) is 4.79 Å². The Hall–Kier alpha value is -2.60. The second kappa shape index (κ2) is 8.48. The highest BCUT2D eigenvalue weighted by Gasteiger charge is 2.17. The Morgan fingerprint density at radius 2 is 1.92 bits per heavy atom. The van der Waals surface area contributed by atoms with Crippen LogP contribution in [0.1, 0.15) is 17.9 Å². The Labute approximate surface area is 148 Å². The van der Waals surface area contributed by atoms with Crippen LogP contribution in [-0.2, 0) is 4.79 Å². The molecular weight excluding hydrogens is 316 g/mol. The quantitative estimate of drug-likeness (QED) is 0.647. The number of benzene rings is 1. The monoisotopic (exact) mass is 340 g/mol. The van der Waals surface area contributed by atoms with E-state index in [0.29, 0.717) is 12.2 Å². The smallest absolute Gasteiger partial charge is 0.241 e. The normalized spacial score (nSPS) is 15.6. The fourth-order valence-corrected chi connectivity index (χ4v) is 2.87. The van der Waals surface area contributed by atoms with Gasteiger partial charge in [0.15, 0.2) is 0 Å². The van der Waals surface area contributed by atoms with Crippen LogP contribution < -0.4 is 10.3 Å². The van der Waals surface area contributed by atoms with Crippen molar-refractivity contribution in [1.29, 1.82) is 0 Å². The Morgan fingerprint density at radius 1 is 1.16 bits per heavy atom. The van der Waals surface area contributed by atoms with Crippen molar-refractivity contribution >= 4 is 17.8 Å². The van der Waals surface area contributed by atoms with Crippen molar-refractivity contribution in [3.63, 3.8) is 0 Å². The number of carbonyl (C=O) groups excluding carboxylic acids is 1. The molecule has 0 bridgehead atoms. The van der Waals surface area contributed by atoms with E-state index < -0.39 is 0 Å². The number of para-hydroxylation sites is 1. The van der Waals surface area contributed by atoms with Gasteiger partial charge in [0.25, 0.3) is 0 Å². The van der Waals surface area contributed by atoms with E-state index in [1.165, 1.54) is 11.9 Å². The van der Waals surface area contributed by atoms with Crippen molar-refractivity contribution < 1.29 is 9.21 Å². The maximum Gasteiger partial charge on any atom is 0.241 e. The summed E-state index contributed by atoms with van der Waals surface area (Å²) in [7, 11) is 0. The van der Waals surface area contributed by atoms with Crippen LogP contribution in [0.2, 0.25) is 0 Å². The lowest BCUT2D eigenvalue weighted by Gasteiger charge is -2.36. The minimum atomic E-state index is -0.0787. The predicted molar refractivity (Wildman–Crippen MR) is 98.9 cm³/mol. The average Bonchev–Trinajstić information content (AvgIpc) is 3.06. The maximum absolute atomic E-state index is 11.9. The van der Waals surface area contributed by atoms with Crippen molar-refractivity contribution in [1.82, 2.24) is 10.3 Å². The third kappa shape index (κ3) is 5.19. The predicted octanol–water partition coefficient (Wildman–Crippen LogP) is 2.25. The number of amides is 1. The summed E-state index contributed by atoms with van der Waals surface area (Å²) in [4.78, 5) is 16.6. The number of anilines is 1. The van der Waals surface area contributed by atoms with Gasteiger partial charge in [-0.2, -0.15) is 5.10 Å². The Bertz CT molecular complexity index is 703. The number of hydrazone groups is 1. The van der Waals surface area contributed by atoms with E-state index in [-0.39, 0.29) is 5.91 Å². The molecule has 1 N–H and O–H groups in total. The second-order valence-corrected chi connectivity index (χ2v) is 6.16. The van der Waals surface area contributed by atoms with Gasteiger partial charge >= 0.3 is 0 Å². The molecular formula is C19H24N4O2. The number of nitrogens with zero attached hydrogens (tertiary/aromatic N) is 3. The van der Waals surface area contributed by atoms with Crippen LogP contribution in [0.15, 0.2) is 52.0 Å². The Balaban J connectivity index is 1.35. The number of hydrogen-bond acceptors (Lipinski definition) is 5. The summed E-state index contributed by atoms with van der Waals surface area (Å²) in [6.45, 7) is 6.54. The van der Waals surface area contributed by atoms with Gasteiger partial charge in [0, 0.05) is 44.8 Å².